The lowest BCUT2D eigenvalue weighted by Crippen LogP contribution is -2.35. The van der Waals surface area contributed by atoms with Crippen LogP contribution in [0.3, 0.4) is 0 Å². The minimum Gasteiger partial charge on any atom is -0.491 e. The number of benzene rings is 1. The highest BCUT2D eigenvalue weighted by Gasteiger charge is 2.06. The topological polar surface area (TPSA) is 151 Å². The van der Waals surface area contributed by atoms with E-state index in [-0.39, 0.29) is 37.9 Å². The SMILES string of the molecule is CNC(=O)NCCOc1cc(OCCNC(=O)NC)cc(OCCNC(=O)NC)c1. The van der Waals surface area contributed by atoms with E-state index in [1.165, 1.54) is 21.1 Å². The minimum atomic E-state index is -0.299. The van der Waals surface area contributed by atoms with Crippen molar-refractivity contribution in [2.24, 2.45) is 0 Å². The van der Waals surface area contributed by atoms with E-state index in [0.717, 1.165) is 0 Å². The van der Waals surface area contributed by atoms with Crippen LogP contribution in [0.5, 0.6) is 17.2 Å². The van der Waals surface area contributed by atoms with Gasteiger partial charge in [-0.05, 0) is 0 Å². The Balaban J connectivity index is 2.63. The van der Waals surface area contributed by atoms with E-state index in [4.69, 9.17) is 14.2 Å². The third kappa shape index (κ3) is 10.7. The standard InChI is InChI=1S/C18H30N6O6/c1-19-16(25)22-4-7-28-13-10-14(29-8-5-23-17(26)20-2)12-15(11-13)30-9-6-24-18(27)21-3/h10-12H,4-9H2,1-3H3,(H2,19,22,25)(H2,20,23,26)(H2,21,24,27). The Morgan fingerprint density at radius 2 is 0.867 bits per heavy atom. The minimum absolute atomic E-state index is 0.243. The van der Waals surface area contributed by atoms with Gasteiger partial charge in [0, 0.05) is 39.3 Å². The molecule has 0 saturated carbocycles. The molecule has 1 aromatic carbocycles. The van der Waals surface area contributed by atoms with Crippen LogP contribution in [-0.4, -0.2) is 78.7 Å². The lowest BCUT2D eigenvalue weighted by atomic mass is 10.3. The number of carbonyl (C=O) groups is 3. The van der Waals surface area contributed by atoms with Gasteiger partial charge in [-0.25, -0.2) is 14.4 Å². The predicted octanol–water partition coefficient (Wildman–Crippen LogP) is -0.390. The zero-order chi connectivity index (χ0) is 22.2. The molecular formula is C18H30N6O6. The van der Waals surface area contributed by atoms with Crippen LogP contribution in [0, 0.1) is 0 Å². The molecule has 0 aliphatic rings. The molecule has 0 fully saturated rings. The molecular weight excluding hydrogens is 396 g/mol. The molecule has 0 aliphatic carbocycles. The molecule has 1 rings (SSSR count). The van der Waals surface area contributed by atoms with Crippen LogP contribution in [0.15, 0.2) is 18.2 Å². The second-order valence-electron chi connectivity index (χ2n) is 5.70. The molecule has 0 spiro atoms. The van der Waals surface area contributed by atoms with Crippen molar-refractivity contribution in [2.75, 3.05) is 60.6 Å². The van der Waals surface area contributed by atoms with E-state index in [1.54, 1.807) is 18.2 Å². The van der Waals surface area contributed by atoms with Gasteiger partial charge in [-0.3, -0.25) is 0 Å². The number of nitrogens with one attached hydrogen (secondary N) is 6. The Bertz CT molecular complexity index is 584. The molecule has 0 atom stereocenters. The van der Waals surface area contributed by atoms with Gasteiger partial charge in [0.2, 0.25) is 0 Å². The van der Waals surface area contributed by atoms with Crippen LogP contribution >= 0.6 is 0 Å². The molecule has 0 aromatic heterocycles. The molecule has 1 aromatic rings. The fourth-order valence-electron chi connectivity index (χ4n) is 2.06. The highest BCUT2D eigenvalue weighted by atomic mass is 16.5. The summed E-state index contributed by atoms with van der Waals surface area (Å²) < 4.78 is 16.9. The van der Waals surface area contributed by atoms with Gasteiger partial charge in [-0.15, -0.1) is 0 Å². The number of hydrogen-bond acceptors (Lipinski definition) is 6. The first kappa shape index (κ1) is 24.5. The normalized spacial score (nSPS) is 9.70. The molecule has 0 saturated heterocycles. The summed E-state index contributed by atoms with van der Waals surface area (Å²) in [7, 11) is 4.58. The summed E-state index contributed by atoms with van der Waals surface area (Å²) in [6.07, 6.45) is 0. The molecule has 6 amide bonds. The van der Waals surface area contributed by atoms with Crippen LogP contribution in [0.2, 0.25) is 0 Å². The van der Waals surface area contributed by atoms with Gasteiger partial charge < -0.3 is 46.1 Å². The van der Waals surface area contributed by atoms with Crippen molar-refractivity contribution < 1.29 is 28.6 Å². The molecule has 6 N–H and O–H groups in total. The zero-order valence-electron chi connectivity index (χ0n) is 17.4. The molecule has 0 unspecified atom stereocenters. The highest BCUT2D eigenvalue weighted by molar-refractivity contribution is 5.74. The lowest BCUT2D eigenvalue weighted by Gasteiger charge is -2.14. The van der Waals surface area contributed by atoms with E-state index < -0.39 is 0 Å². The molecule has 12 heteroatoms. The van der Waals surface area contributed by atoms with Crippen molar-refractivity contribution in [1.82, 2.24) is 31.9 Å². The summed E-state index contributed by atoms with van der Waals surface area (Å²) in [5.74, 6) is 1.46. The lowest BCUT2D eigenvalue weighted by molar-refractivity contribution is 0.237. The quantitative estimate of drug-likeness (QED) is 0.251. The molecule has 12 nitrogen and oxygen atoms in total. The van der Waals surface area contributed by atoms with Gasteiger partial charge in [0.15, 0.2) is 0 Å². The number of urea groups is 3. The summed E-state index contributed by atoms with van der Waals surface area (Å²) >= 11 is 0. The van der Waals surface area contributed by atoms with Crippen LogP contribution in [0.1, 0.15) is 0 Å². The Labute approximate surface area is 175 Å². The zero-order valence-corrected chi connectivity index (χ0v) is 17.4. The van der Waals surface area contributed by atoms with Gasteiger partial charge in [0.1, 0.15) is 37.1 Å². The summed E-state index contributed by atoms with van der Waals surface area (Å²) in [4.78, 5) is 33.5. The number of ether oxygens (including phenoxy) is 3. The third-order valence-corrected chi connectivity index (χ3v) is 3.50. The summed E-state index contributed by atoms with van der Waals surface area (Å²) in [6, 6.07) is 4.13. The maximum atomic E-state index is 11.2. The Kier molecular flexibility index (Phi) is 11.8. The van der Waals surface area contributed by atoms with Crippen LogP contribution in [-0.2, 0) is 0 Å². The average Bonchev–Trinajstić information content (AvgIpc) is 2.76. The van der Waals surface area contributed by atoms with Gasteiger partial charge in [-0.1, -0.05) is 0 Å². The van der Waals surface area contributed by atoms with Crippen molar-refractivity contribution in [2.45, 2.75) is 0 Å². The van der Waals surface area contributed by atoms with Crippen LogP contribution in [0.4, 0.5) is 14.4 Å². The molecule has 0 bridgehead atoms. The fourth-order valence-corrected chi connectivity index (χ4v) is 2.06. The fraction of sp³-hybridized carbons (Fsp3) is 0.500. The summed E-state index contributed by atoms with van der Waals surface area (Å²) in [5.41, 5.74) is 0. The number of carbonyl (C=O) groups excluding carboxylic acids is 3. The van der Waals surface area contributed by atoms with Crippen molar-refractivity contribution in [3.05, 3.63) is 18.2 Å². The first-order chi connectivity index (χ1) is 14.5. The van der Waals surface area contributed by atoms with E-state index >= 15 is 0 Å². The monoisotopic (exact) mass is 426 g/mol. The van der Waals surface area contributed by atoms with Crippen molar-refractivity contribution >= 4 is 18.1 Å². The largest absolute Gasteiger partial charge is 0.491 e. The number of rotatable bonds is 12. The number of amides is 6. The Hall–Kier alpha value is -3.57. The summed E-state index contributed by atoms with van der Waals surface area (Å²) in [5, 5.41) is 15.2. The maximum absolute atomic E-state index is 11.2. The molecule has 0 radical (unpaired) electrons. The Morgan fingerprint density at radius 1 is 0.600 bits per heavy atom. The third-order valence-electron chi connectivity index (χ3n) is 3.50. The highest BCUT2D eigenvalue weighted by Crippen LogP contribution is 2.27. The maximum Gasteiger partial charge on any atom is 0.314 e. The molecule has 168 valence electrons. The van der Waals surface area contributed by atoms with Gasteiger partial charge in [0.05, 0.1) is 19.6 Å². The smallest absolute Gasteiger partial charge is 0.314 e. The van der Waals surface area contributed by atoms with E-state index in [2.05, 4.69) is 31.9 Å². The second-order valence-corrected chi connectivity index (χ2v) is 5.70. The first-order valence-corrected chi connectivity index (χ1v) is 9.38. The van der Waals surface area contributed by atoms with E-state index in [0.29, 0.717) is 36.9 Å². The number of hydrogen-bond donors (Lipinski definition) is 6. The van der Waals surface area contributed by atoms with Gasteiger partial charge in [-0.2, -0.15) is 0 Å². The molecule has 0 aliphatic heterocycles. The molecule has 0 heterocycles. The predicted molar refractivity (Wildman–Crippen MR) is 110 cm³/mol. The molecule has 30 heavy (non-hydrogen) atoms. The van der Waals surface area contributed by atoms with Crippen molar-refractivity contribution in [1.29, 1.82) is 0 Å². The van der Waals surface area contributed by atoms with E-state index in [9.17, 15) is 14.4 Å². The van der Waals surface area contributed by atoms with Crippen molar-refractivity contribution in [3.8, 4) is 17.2 Å². The van der Waals surface area contributed by atoms with Crippen LogP contribution in [0.25, 0.3) is 0 Å². The van der Waals surface area contributed by atoms with Gasteiger partial charge in [0.25, 0.3) is 0 Å². The first-order valence-electron chi connectivity index (χ1n) is 9.38. The van der Waals surface area contributed by atoms with Crippen LogP contribution < -0.4 is 46.1 Å². The second kappa shape index (κ2) is 14.4. The van der Waals surface area contributed by atoms with E-state index in [1.807, 2.05) is 0 Å². The van der Waals surface area contributed by atoms with Gasteiger partial charge >= 0.3 is 18.1 Å². The summed E-state index contributed by atoms with van der Waals surface area (Å²) in [6.45, 7) is 1.67. The van der Waals surface area contributed by atoms with Crippen molar-refractivity contribution in [3.63, 3.8) is 0 Å². The Morgan fingerprint density at radius 3 is 1.10 bits per heavy atom. The average molecular weight is 426 g/mol.